The number of hydrogen-bond acceptors (Lipinski definition) is 5. The third kappa shape index (κ3) is 5.24. The quantitative estimate of drug-likeness (QED) is 0.528. The van der Waals surface area contributed by atoms with Gasteiger partial charge in [0.15, 0.2) is 0 Å². The lowest BCUT2D eigenvalue weighted by atomic mass is 9.75. The lowest BCUT2D eigenvalue weighted by molar-refractivity contribution is -0.144. The standard InChI is InChI=1S/C23H36N4O5/c1-32-17-6-3-14(4-7-17)11-24-23(31)25-12-15-2-5-16-13-27(22(30)18(16)10-15)19-8-9-20(28)26-21(19)29/h14-19H,2-13H2,1H3,(H2,24,25,31)(H,26,28,29). The summed E-state index contributed by atoms with van der Waals surface area (Å²) < 4.78 is 5.40. The highest BCUT2D eigenvalue weighted by atomic mass is 16.5. The normalized spacial score (nSPS) is 35.3. The van der Waals surface area contributed by atoms with Crippen LogP contribution in [0.2, 0.25) is 0 Å². The molecular weight excluding hydrogens is 412 g/mol. The zero-order chi connectivity index (χ0) is 22.7. The fraction of sp³-hybridized carbons (Fsp3) is 0.826. The van der Waals surface area contributed by atoms with Crippen LogP contribution in [0.15, 0.2) is 0 Å². The van der Waals surface area contributed by atoms with Gasteiger partial charge >= 0.3 is 6.03 Å². The molecule has 0 bridgehead atoms. The Morgan fingerprint density at radius 1 is 1.00 bits per heavy atom. The second-order valence-electron chi connectivity index (χ2n) is 9.97. The summed E-state index contributed by atoms with van der Waals surface area (Å²) >= 11 is 0. The summed E-state index contributed by atoms with van der Waals surface area (Å²) in [5.41, 5.74) is 0. The van der Waals surface area contributed by atoms with Crippen LogP contribution in [0.5, 0.6) is 0 Å². The number of methoxy groups -OCH3 is 1. The van der Waals surface area contributed by atoms with E-state index in [9.17, 15) is 19.2 Å². The molecule has 2 saturated carbocycles. The molecule has 0 radical (unpaired) electrons. The summed E-state index contributed by atoms with van der Waals surface area (Å²) in [6.45, 7) is 1.86. The molecule has 0 aromatic heterocycles. The number of urea groups is 1. The minimum absolute atomic E-state index is 0.0327. The van der Waals surface area contributed by atoms with Crippen molar-refractivity contribution in [2.75, 3.05) is 26.7 Å². The van der Waals surface area contributed by atoms with Crippen molar-refractivity contribution in [1.29, 1.82) is 0 Å². The fourth-order valence-corrected chi connectivity index (χ4v) is 5.95. The number of nitrogens with zero attached hydrogens (tertiary/aromatic N) is 1. The molecule has 4 atom stereocenters. The topological polar surface area (TPSA) is 117 Å². The van der Waals surface area contributed by atoms with Crippen molar-refractivity contribution in [3.05, 3.63) is 0 Å². The van der Waals surface area contributed by atoms with Gasteiger partial charge in [0.25, 0.3) is 0 Å². The molecule has 4 rings (SSSR count). The molecule has 4 unspecified atom stereocenters. The van der Waals surface area contributed by atoms with Crippen LogP contribution in [0, 0.1) is 23.7 Å². The van der Waals surface area contributed by atoms with Crippen LogP contribution < -0.4 is 16.0 Å². The number of carbonyl (C=O) groups excluding carboxylic acids is 4. The Kier molecular flexibility index (Phi) is 7.33. The third-order valence-electron chi connectivity index (χ3n) is 7.95. The number of piperidine rings is 1. The first kappa shape index (κ1) is 23.0. The van der Waals surface area contributed by atoms with Crippen LogP contribution in [-0.2, 0) is 19.1 Å². The van der Waals surface area contributed by atoms with Gasteiger partial charge in [-0.25, -0.2) is 4.79 Å². The first-order valence-corrected chi connectivity index (χ1v) is 12.1. The van der Waals surface area contributed by atoms with E-state index in [-0.39, 0.29) is 47.9 Å². The Morgan fingerprint density at radius 3 is 2.38 bits per heavy atom. The van der Waals surface area contributed by atoms with E-state index in [4.69, 9.17) is 4.74 Å². The predicted octanol–water partition coefficient (Wildman–Crippen LogP) is 1.17. The van der Waals surface area contributed by atoms with Crippen LogP contribution in [0.25, 0.3) is 0 Å². The van der Waals surface area contributed by atoms with Gasteiger partial charge in [0, 0.05) is 39.1 Å². The van der Waals surface area contributed by atoms with Gasteiger partial charge in [-0.05, 0) is 69.1 Å². The molecule has 4 fully saturated rings. The zero-order valence-corrected chi connectivity index (χ0v) is 18.9. The predicted molar refractivity (Wildman–Crippen MR) is 116 cm³/mol. The Balaban J connectivity index is 1.19. The van der Waals surface area contributed by atoms with Crippen molar-refractivity contribution in [1.82, 2.24) is 20.9 Å². The van der Waals surface area contributed by atoms with Gasteiger partial charge in [0.2, 0.25) is 17.7 Å². The van der Waals surface area contributed by atoms with Crippen molar-refractivity contribution < 1.29 is 23.9 Å². The Hall–Kier alpha value is -2.16. The molecule has 2 heterocycles. The van der Waals surface area contributed by atoms with Gasteiger partial charge in [0.05, 0.1) is 6.10 Å². The number of amides is 5. The smallest absolute Gasteiger partial charge is 0.314 e. The SMILES string of the molecule is COC1CCC(CNC(=O)NCC2CCC3CN(C4CCC(=O)NC4=O)C(=O)C3C2)CC1. The minimum Gasteiger partial charge on any atom is -0.381 e. The van der Waals surface area contributed by atoms with E-state index in [0.717, 1.165) is 44.9 Å². The van der Waals surface area contributed by atoms with E-state index in [0.29, 0.717) is 38.1 Å². The van der Waals surface area contributed by atoms with Crippen molar-refractivity contribution in [3.8, 4) is 0 Å². The molecule has 9 heteroatoms. The summed E-state index contributed by atoms with van der Waals surface area (Å²) in [4.78, 5) is 50.6. The minimum atomic E-state index is -0.521. The van der Waals surface area contributed by atoms with Crippen LogP contribution in [0.4, 0.5) is 4.79 Å². The molecular formula is C23H36N4O5. The molecule has 178 valence electrons. The average molecular weight is 449 g/mol. The van der Waals surface area contributed by atoms with Crippen molar-refractivity contribution in [2.24, 2.45) is 23.7 Å². The maximum Gasteiger partial charge on any atom is 0.314 e. The highest BCUT2D eigenvalue weighted by Gasteiger charge is 2.48. The molecule has 9 nitrogen and oxygen atoms in total. The summed E-state index contributed by atoms with van der Waals surface area (Å²) in [6.07, 6.45) is 7.97. The molecule has 2 aliphatic carbocycles. The zero-order valence-electron chi connectivity index (χ0n) is 18.9. The molecule has 32 heavy (non-hydrogen) atoms. The highest BCUT2D eigenvalue weighted by Crippen LogP contribution is 2.41. The fourth-order valence-electron chi connectivity index (χ4n) is 5.95. The van der Waals surface area contributed by atoms with E-state index in [1.807, 2.05) is 0 Å². The molecule has 2 saturated heterocycles. The van der Waals surface area contributed by atoms with E-state index in [2.05, 4.69) is 16.0 Å². The van der Waals surface area contributed by atoms with E-state index in [1.165, 1.54) is 0 Å². The summed E-state index contributed by atoms with van der Waals surface area (Å²) in [7, 11) is 1.76. The van der Waals surface area contributed by atoms with Crippen LogP contribution in [-0.4, -0.2) is 67.5 Å². The number of imide groups is 1. The Morgan fingerprint density at radius 2 is 1.69 bits per heavy atom. The Labute approximate surface area is 189 Å². The number of carbonyl (C=O) groups is 4. The first-order valence-electron chi connectivity index (χ1n) is 12.1. The lowest BCUT2D eigenvalue weighted by Crippen LogP contribution is -2.53. The lowest BCUT2D eigenvalue weighted by Gasteiger charge is -2.30. The number of rotatable bonds is 6. The van der Waals surface area contributed by atoms with Gasteiger partial charge in [-0.3, -0.25) is 19.7 Å². The highest BCUT2D eigenvalue weighted by molar-refractivity contribution is 6.02. The maximum absolute atomic E-state index is 13.0. The largest absolute Gasteiger partial charge is 0.381 e. The molecule has 4 aliphatic rings. The van der Waals surface area contributed by atoms with Crippen molar-refractivity contribution in [3.63, 3.8) is 0 Å². The maximum atomic E-state index is 13.0. The van der Waals surface area contributed by atoms with Crippen molar-refractivity contribution in [2.45, 2.75) is 69.9 Å². The number of fused-ring (bicyclic) bond motifs is 1. The third-order valence-corrected chi connectivity index (χ3v) is 7.95. The number of likely N-dealkylation sites (tertiary alicyclic amines) is 1. The molecule has 3 N–H and O–H groups in total. The van der Waals surface area contributed by atoms with Crippen LogP contribution >= 0.6 is 0 Å². The number of nitrogens with one attached hydrogen (secondary N) is 3. The number of ether oxygens (including phenoxy) is 1. The van der Waals surface area contributed by atoms with Gasteiger partial charge < -0.3 is 20.3 Å². The summed E-state index contributed by atoms with van der Waals surface area (Å²) in [5.74, 6) is 0.383. The molecule has 0 aromatic rings. The molecule has 0 aromatic carbocycles. The second-order valence-corrected chi connectivity index (χ2v) is 9.97. The van der Waals surface area contributed by atoms with E-state index < -0.39 is 6.04 Å². The van der Waals surface area contributed by atoms with Gasteiger partial charge in [-0.15, -0.1) is 0 Å². The van der Waals surface area contributed by atoms with E-state index >= 15 is 0 Å². The summed E-state index contributed by atoms with van der Waals surface area (Å²) in [5, 5.41) is 8.35. The van der Waals surface area contributed by atoms with Gasteiger partial charge in [-0.2, -0.15) is 0 Å². The van der Waals surface area contributed by atoms with Gasteiger partial charge in [-0.1, -0.05) is 0 Å². The monoisotopic (exact) mass is 448 g/mol. The second kappa shape index (κ2) is 10.2. The average Bonchev–Trinajstić information content (AvgIpc) is 3.12. The van der Waals surface area contributed by atoms with Crippen LogP contribution in [0.1, 0.15) is 57.8 Å². The molecule has 0 spiro atoms. The molecule has 5 amide bonds. The van der Waals surface area contributed by atoms with Crippen LogP contribution in [0.3, 0.4) is 0 Å². The summed E-state index contributed by atoms with van der Waals surface area (Å²) in [6, 6.07) is -0.656. The van der Waals surface area contributed by atoms with E-state index in [1.54, 1.807) is 12.0 Å². The number of hydrogen-bond donors (Lipinski definition) is 3. The molecule has 2 aliphatic heterocycles. The Bertz CT molecular complexity index is 736. The first-order chi connectivity index (χ1) is 15.4. The van der Waals surface area contributed by atoms with Crippen molar-refractivity contribution >= 4 is 23.8 Å². The van der Waals surface area contributed by atoms with Gasteiger partial charge in [0.1, 0.15) is 6.04 Å².